The van der Waals surface area contributed by atoms with Crippen molar-refractivity contribution in [3.05, 3.63) is 22.8 Å². The number of hydrogen-bond donors (Lipinski definition) is 0. The van der Waals surface area contributed by atoms with E-state index >= 15 is 0 Å². The van der Waals surface area contributed by atoms with Crippen molar-refractivity contribution in [2.24, 2.45) is 0 Å². The van der Waals surface area contributed by atoms with Crippen LogP contribution in [0.2, 0.25) is 0 Å². The maximum Gasteiger partial charge on any atom is 0.0366 e. The van der Waals surface area contributed by atoms with Gasteiger partial charge < -0.3 is 4.90 Å². The molecular weight excluding hydrogens is 158 g/mol. The Labute approximate surface area is 73.3 Å². The fourth-order valence-electron chi connectivity index (χ4n) is 1.25. The standard InChI is InChI=1S/C9H14ClN/c1-11(2)7-8-4-3-5-9(10)6-8/h5-6H,3-4,7H2,1-2H3. The number of halogens is 1. The van der Waals surface area contributed by atoms with E-state index < -0.39 is 0 Å². The third-order valence-electron chi connectivity index (χ3n) is 1.67. The average Bonchev–Trinajstić information content (AvgIpc) is 1.85. The third kappa shape index (κ3) is 3.08. The summed E-state index contributed by atoms with van der Waals surface area (Å²) >= 11 is 5.86. The van der Waals surface area contributed by atoms with E-state index in [1.165, 1.54) is 5.57 Å². The van der Waals surface area contributed by atoms with Crippen LogP contribution in [0.3, 0.4) is 0 Å². The second kappa shape index (κ2) is 3.93. The van der Waals surface area contributed by atoms with Crippen LogP contribution in [0.4, 0.5) is 0 Å². The first-order valence-corrected chi connectivity index (χ1v) is 4.26. The van der Waals surface area contributed by atoms with Gasteiger partial charge >= 0.3 is 0 Å². The first-order chi connectivity index (χ1) is 5.18. The zero-order valence-electron chi connectivity index (χ0n) is 7.10. The van der Waals surface area contributed by atoms with Crippen molar-refractivity contribution >= 4 is 11.6 Å². The minimum atomic E-state index is 0.896. The highest BCUT2D eigenvalue weighted by molar-refractivity contribution is 6.31. The van der Waals surface area contributed by atoms with E-state index in [9.17, 15) is 0 Å². The van der Waals surface area contributed by atoms with E-state index in [2.05, 4.69) is 31.1 Å². The Morgan fingerprint density at radius 1 is 1.55 bits per heavy atom. The van der Waals surface area contributed by atoms with Crippen LogP contribution in [0.1, 0.15) is 12.8 Å². The van der Waals surface area contributed by atoms with Crippen LogP contribution in [0.15, 0.2) is 22.8 Å². The number of rotatable bonds is 2. The van der Waals surface area contributed by atoms with Gasteiger partial charge in [0, 0.05) is 11.6 Å². The maximum atomic E-state index is 5.86. The summed E-state index contributed by atoms with van der Waals surface area (Å²) in [5.74, 6) is 0. The van der Waals surface area contributed by atoms with Gasteiger partial charge in [0.2, 0.25) is 0 Å². The summed E-state index contributed by atoms with van der Waals surface area (Å²) in [5.41, 5.74) is 1.43. The lowest BCUT2D eigenvalue weighted by Gasteiger charge is -2.15. The van der Waals surface area contributed by atoms with Gasteiger partial charge in [-0.1, -0.05) is 23.3 Å². The largest absolute Gasteiger partial charge is 0.305 e. The van der Waals surface area contributed by atoms with E-state index in [1.54, 1.807) is 0 Å². The van der Waals surface area contributed by atoms with E-state index in [-0.39, 0.29) is 0 Å². The van der Waals surface area contributed by atoms with Gasteiger partial charge in [-0.05, 0) is 33.0 Å². The molecule has 0 aromatic rings. The minimum Gasteiger partial charge on any atom is -0.305 e. The zero-order chi connectivity index (χ0) is 8.27. The van der Waals surface area contributed by atoms with Crippen molar-refractivity contribution in [3.8, 4) is 0 Å². The molecule has 0 atom stereocenters. The monoisotopic (exact) mass is 171 g/mol. The van der Waals surface area contributed by atoms with Crippen molar-refractivity contribution < 1.29 is 0 Å². The Morgan fingerprint density at radius 3 is 2.82 bits per heavy atom. The van der Waals surface area contributed by atoms with Crippen molar-refractivity contribution in [2.75, 3.05) is 20.6 Å². The Balaban J connectivity index is 2.51. The molecule has 1 aliphatic carbocycles. The Morgan fingerprint density at radius 2 is 2.27 bits per heavy atom. The first kappa shape index (κ1) is 8.82. The lowest BCUT2D eigenvalue weighted by molar-refractivity contribution is 0.439. The number of likely N-dealkylation sites (N-methyl/N-ethyl adjacent to an activating group) is 1. The molecule has 1 nitrogen and oxygen atoms in total. The molecule has 0 bridgehead atoms. The van der Waals surface area contributed by atoms with Gasteiger partial charge in [-0.25, -0.2) is 0 Å². The Hall–Kier alpha value is -0.270. The molecule has 0 amide bonds. The lowest BCUT2D eigenvalue weighted by Crippen LogP contribution is -2.15. The normalized spacial score (nSPS) is 18.2. The molecule has 0 aliphatic heterocycles. The summed E-state index contributed by atoms with van der Waals surface area (Å²) in [4.78, 5) is 2.17. The van der Waals surface area contributed by atoms with Crippen LogP contribution < -0.4 is 0 Å². The van der Waals surface area contributed by atoms with Crippen molar-refractivity contribution in [1.82, 2.24) is 4.90 Å². The summed E-state index contributed by atoms with van der Waals surface area (Å²) in [6, 6.07) is 0. The summed E-state index contributed by atoms with van der Waals surface area (Å²) in [6.45, 7) is 1.03. The van der Waals surface area contributed by atoms with E-state index in [0.29, 0.717) is 0 Å². The molecule has 0 fully saturated rings. The van der Waals surface area contributed by atoms with Gasteiger partial charge in [-0.2, -0.15) is 0 Å². The summed E-state index contributed by atoms with van der Waals surface area (Å²) in [7, 11) is 4.15. The minimum absolute atomic E-state index is 0.896. The number of hydrogen-bond acceptors (Lipinski definition) is 1. The van der Waals surface area contributed by atoms with Gasteiger partial charge in [0.1, 0.15) is 0 Å². The van der Waals surface area contributed by atoms with Crippen molar-refractivity contribution in [3.63, 3.8) is 0 Å². The molecule has 0 saturated carbocycles. The van der Waals surface area contributed by atoms with Crippen LogP contribution >= 0.6 is 11.6 Å². The molecule has 0 N–H and O–H groups in total. The fraction of sp³-hybridized carbons (Fsp3) is 0.556. The summed E-state index contributed by atoms with van der Waals surface area (Å²) < 4.78 is 0. The Kier molecular flexibility index (Phi) is 3.16. The maximum absolute atomic E-state index is 5.86. The molecule has 0 heterocycles. The Bertz CT molecular complexity index is 192. The molecule has 1 aliphatic rings. The number of nitrogens with zero attached hydrogens (tertiary/aromatic N) is 1. The molecule has 2 heteroatoms. The van der Waals surface area contributed by atoms with E-state index in [1.807, 2.05) is 0 Å². The molecule has 0 unspecified atom stereocenters. The predicted molar refractivity (Wildman–Crippen MR) is 49.8 cm³/mol. The van der Waals surface area contributed by atoms with Crippen molar-refractivity contribution in [2.45, 2.75) is 12.8 Å². The predicted octanol–water partition coefficient (Wildman–Crippen LogP) is 2.39. The molecular formula is C9H14ClN. The summed E-state index contributed by atoms with van der Waals surface area (Å²) in [6.07, 6.45) is 6.40. The highest BCUT2D eigenvalue weighted by atomic mass is 35.5. The van der Waals surface area contributed by atoms with E-state index in [4.69, 9.17) is 11.6 Å². The molecule has 11 heavy (non-hydrogen) atoms. The molecule has 0 spiro atoms. The zero-order valence-corrected chi connectivity index (χ0v) is 7.86. The SMILES string of the molecule is CN(C)CC1=CC(Cl)=CCC1. The van der Waals surface area contributed by atoms with Gasteiger partial charge in [-0.3, -0.25) is 0 Å². The van der Waals surface area contributed by atoms with Crippen LogP contribution in [-0.4, -0.2) is 25.5 Å². The molecule has 1 rings (SSSR count). The topological polar surface area (TPSA) is 3.24 Å². The smallest absolute Gasteiger partial charge is 0.0366 e. The van der Waals surface area contributed by atoms with Crippen LogP contribution in [0, 0.1) is 0 Å². The highest BCUT2D eigenvalue weighted by Crippen LogP contribution is 2.19. The van der Waals surface area contributed by atoms with E-state index in [0.717, 1.165) is 24.4 Å². The second-order valence-electron chi connectivity index (χ2n) is 3.17. The highest BCUT2D eigenvalue weighted by Gasteiger charge is 2.03. The average molecular weight is 172 g/mol. The molecule has 0 aromatic carbocycles. The molecule has 0 radical (unpaired) electrons. The lowest BCUT2D eigenvalue weighted by atomic mass is 10.1. The molecule has 0 aromatic heterocycles. The van der Waals surface area contributed by atoms with Crippen molar-refractivity contribution in [1.29, 1.82) is 0 Å². The molecule has 62 valence electrons. The third-order valence-corrected chi connectivity index (χ3v) is 1.93. The molecule has 0 saturated heterocycles. The number of allylic oxidation sites excluding steroid dienone is 3. The first-order valence-electron chi connectivity index (χ1n) is 3.88. The summed E-state index contributed by atoms with van der Waals surface area (Å²) in [5, 5.41) is 0.896. The van der Waals surface area contributed by atoms with Gasteiger partial charge in [0.25, 0.3) is 0 Å². The van der Waals surface area contributed by atoms with Gasteiger partial charge in [0.15, 0.2) is 0 Å². The van der Waals surface area contributed by atoms with Crippen LogP contribution in [0.5, 0.6) is 0 Å². The van der Waals surface area contributed by atoms with Gasteiger partial charge in [0.05, 0.1) is 0 Å². The quantitative estimate of drug-likeness (QED) is 0.617. The second-order valence-corrected chi connectivity index (χ2v) is 3.60. The van der Waals surface area contributed by atoms with Crippen LogP contribution in [-0.2, 0) is 0 Å². The fourth-order valence-corrected chi connectivity index (χ4v) is 1.52. The van der Waals surface area contributed by atoms with Gasteiger partial charge in [-0.15, -0.1) is 0 Å². The van der Waals surface area contributed by atoms with Crippen LogP contribution in [0.25, 0.3) is 0 Å².